The van der Waals surface area contributed by atoms with Gasteiger partial charge in [-0.2, -0.15) is 0 Å². The number of ketones is 1. The summed E-state index contributed by atoms with van der Waals surface area (Å²) in [5, 5.41) is 0. The Hall–Kier alpha value is -0.980. The van der Waals surface area contributed by atoms with Crippen LogP contribution in [-0.2, 0) is 4.74 Å². The molecule has 6 heteroatoms. The molecule has 0 aliphatic carbocycles. The van der Waals surface area contributed by atoms with E-state index >= 15 is 0 Å². The number of hydrogen-bond donors (Lipinski definition) is 0. The normalized spacial score (nSPS) is 24.7. The second-order valence-corrected chi connectivity index (χ2v) is 7.23. The molecular formula is C16H17BrFNO3. The Kier molecular flexibility index (Phi) is 3.51. The molecule has 118 valence electrons. The first-order valence-corrected chi connectivity index (χ1v) is 8.39. The topological polar surface area (TPSA) is 38.8 Å². The van der Waals surface area contributed by atoms with Gasteiger partial charge in [0.2, 0.25) is 0 Å². The number of piperidine rings is 1. The Labute approximate surface area is 136 Å². The molecule has 3 aliphatic heterocycles. The predicted octanol–water partition coefficient (Wildman–Crippen LogP) is 2.79. The van der Waals surface area contributed by atoms with Crippen molar-refractivity contribution in [2.24, 2.45) is 0 Å². The SMILES string of the molecule is O=C1CC2(CCN(C3COC3)CC2)Oc2cc(Br)c(F)cc21. The zero-order chi connectivity index (χ0) is 15.3. The van der Waals surface area contributed by atoms with Gasteiger partial charge in [-0.05, 0) is 28.1 Å². The van der Waals surface area contributed by atoms with E-state index < -0.39 is 11.4 Å². The fourth-order valence-electron chi connectivity index (χ4n) is 3.50. The summed E-state index contributed by atoms with van der Waals surface area (Å²) in [6.07, 6.45) is 1.99. The molecule has 1 aromatic carbocycles. The lowest BCUT2D eigenvalue weighted by atomic mass is 9.82. The highest BCUT2D eigenvalue weighted by Gasteiger charge is 2.44. The van der Waals surface area contributed by atoms with Crippen molar-refractivity contribution in [1.29, 1.82) is 0 Å². The fourth-order valence-corrected chi connectivity index (χ4v) is 3.82. The zero-order valence-electron chi connectivity index (χ0n) is 12.1. The summed E-state index contributed by atoms with van der Waals surface area (Å²) in [5.41, 5.74) is -0.0659. The van der Waals surface area contributed by atoms with Gasteiger partial charge < -0.3 is 9.47 Å². The van der Waals surface area contributed by atoms with Crippen LogP contribution in [0.25, 0.3) is 0 Å². The summed E-state index contributed by atoms with van der Waals surface area (Å²) in [6.45, 7) is 3.45. The number of hydrogen-bond acceptors (Lipinski definition) is 4. The molecule has 2 saturated heterocycles. The van der Waals surface area contributed by atoms with Crippen molar-refractivity contribution in [1.82, 2.24) is 4.90 Å². The fraction of sp³-hybridized carbons (Fsp3) is 0.562. The maximum Gasteiger partial charge on any atom is 0.170 e. The molecule has 0 amide bonds. The molecule has 1 aromatic rings. The van der Waals surface area contributed by atoms with Crippen LogP contribution in [0.3, 0.4) is 0 Å². The van der Waals surface area contributed by atoms with Crippen LogP contribution in [0.15, 0.2) is 16.6 Å². The molecule has 0 unspecified atom stereocenters. The van der Waals surface area contributed by atoms with E-state index in [0.29, 0.717) is 28.2 Å². The highest BCUT2D eigenvalue weighted by molar-refractivity contribution is 9.10. The Bertz CT molecular complexity index is 624. The molecule has 3 aliphatic rings. The Balaban J connectivity index is 1.55. The van der Waals surface area contributed by atoms with Crippen LogP contribution in [0.5, 0.6) is 5.75 Å². The van der Waals surface area contributed by atoms with Gasteiger partial charge >= 0.3 is 0 Å². The standard InChI is InChI=1S/C16H17BrFNO3/c17-12-6-15-11(5-13(12)18)14(20)7-16(22-15)1-3-19(4-2-16)10-8-21-9-10/h5-6,10H,1-4,7-9H2. The summed E-state index contributed by atoms with van der Waals surface area (Å²) in [5.74, 6) is 0.0597. The van der Waals surface area contributed by atoms with Crippen molar-refractivity contribution in [2.45, 2.75) is 30.9 Å². The van der Waals surface area contributed by atoms with E-state index in [-0.39, 0.29) is 5.78 Å². The number of halogens is 2. The van der Waals surface area contributed by atoms with Gasteiger partial charge in [0.05, 0.1) is 35.7 Å². The number of carbonyl (C=O) groups excluding carboxylic acids is 1. The molecule has 0 atom stereocenters. The van der Waals surface area contributed by atoms with Crippen LogP contribution in [0.2, 0.25) is 0 Å². The predicted molar refractivity (Wildman–Crippen MR) is 81.8 cm³/mol. The first-order chi connectivity index (χ1) is 10.6. The Morgan fingerprint density at radius 2 is 2.00 bits per heavy atom. The maximum absolute atomic E-state index is 13.6. The van der Waals surface area contributed by atoms with Crippen molar-refractivity contribution >= 4 is 21.7 Å². The average molecular weight is 370 g/mol. The van der Waals surface area contributed by atoms with Gasteiger partial charge in [0.15, 0.2) is 5.78 Å². The average Bonchev–Trinajstić information content (AvgIpc) is 2.42. The number of nitrogens with zero attached hydrogens (tertiary/aromatic N) is 1. The minimum absolute atomic E-state index is 0.0203. The third-order valence-electron chi connectivity index (χ3n) is 4.98. The van der Waals surface area contributed by atoms with Gasteiger partial charge in [0.1, 0.15) is 17.2 Å². The molecule has 22 heavy (non-hydrogen) atoms. The van der Waals surface area contributed by atoms with Crippen molar-refractivity contribution in [3.8, 4) is 5.75 Å². The van der Waals surface area contributed by atoms with Crippen LogP contribution in [0.4, 0.5) is 4.39 Å². The molecule has 0 N–H and O–H groups in total. The Morgan fingerprint density at radius 3 is 2.64 bits per heavy atom. The molecule has 4 rings (SSSR count). The first kappa shape index (κ1) is 14.6. The van der Waals surface area contributed by atoms with Gasteiger partial charge in [-0.15, -0.1) is 0 Å². The largest absolute Gasteiger partial charge is 0.486 e. The molecule has 0 radical (unpaired) electrons. The number of Topliss-reactive ketones (excluding diaryl/α,β-unsaturated/α-hetero) is 1. The smallest absolute Gasteiger partial charge is 0.170 e. The van der Waals surface area contributed by atoms with Crippen LogP contribution >= 0.6 is 15.9 Å². The lowest BCUT2D eigenvalue weighted by molar-refractivity contribution is -0.0939. The van der Waals surface area contributed by atoms with Gasteiger partial charge in [0.25, 0.3) is 0 Å². The van der Waals surface area contributed by atoms with Crippen LogP contribution in [0.1, 0.15) is 29.6 Å². The van der Waals surface area contributed by atoms with Crippen LogP contribution in [0, 0.1) is 5.82 Å². The van der Waals surface area contributed by atoms with Gasteiger partial charge in [-0.3, -0.25) is 9.69 Å². The van der Waals surface area contributed by atoms with Gasteiger partial charge in [0, 0.05) is 25.9 Å². The third-order valence-corrected chi connectivity index (χ3v) is 5.59. The zero-order valence-corrected chi connectivity index (χ0v) is 13.7. The van der Waals surface area contributed by atoms with E-state index in [2.05, 4.69) is 20.8 Å². The first-order valence-electron chi connectivity index (χ1n) is 7.59. The van der Waals surface area contributed by atoms with Gasteiger partial charge in [-0.1, -0.05) is 0 Å². The number of fused-ring (bicyclic) bond motifs is 1. The van der Waals surface area contributed by atoms with Crippen LogP contribution < -0.4 is 4.74 Å². The molecule has 3 heterocycles. The van der Waals surface area contributed by atoms with Crippen molar-refractivity contribution < 1.29 is 18.7 Å². The van der Waals surface area contributed by atoms with E-state index in [0.717, 1.165) is 39.1 Å². The van der Waals surface area contributed by atoms with Gasteiger partial charge in [-0.25, -0.2) is 4.39 Å². The monoisotopic (exact) mass is 369 g/mol. The molecule has 0 bridgehead atoms. The molecular weight excluding hydrogens is 353 g/mol. The lowest BCUT2D eigenvalue weighted by Gasteiger charge is -2.47. The second-order valence-electron chi connectivity index (χ2n) is 6.37. The van der Waals surface area contributed by atoms with Crippen LogP contribution in [-0.4, -0.2) is 48.6 Å². The Morgan fingerprint density at radius 1 is 1.27 bits per heavy atom. The number of rotatable bonds is 1. The number of ether oxygens (including phenoxy) is 2. The maximum atomic E-state index is 13.6. The minimum atomic E-state index is -0.428. The summed E-state index contributed by atoms with van der Waals surface area (Å²) < 4.78 is 25.4. The van der Waals surface area contributed by atoms with Crippen molar-refractivity contribution in [3.05, 3.63) is 28.0 Å². The molecule has 4 nitrogen and oxygen atoms in total. The lowest BCUT2D eigenvalue weighted by Crippen LogP contribution is -2.57. The van der Waals surface area contributed by atoms with E-state index in [4.69, 9.17) is 9.47 Å². The summed E-state index contributed by atoms with van der Waals surface area (Å²) in [4.78, 5) is 14.8. The number of carbonyl (C=O) groups is 1. The summed E-state index contributed by atoms with van der Waals surface area (Å²) >= 11 is 3.16. The molecule has 0 saturated carbocycles. The van der Waals surface area contributed by atoms with Crippen molar-refractivity contribution in [2.75, 3.05) is 26.3 Å². The molecule has 2 fully saturated rings. The summed E-state index contributed by atoms with van der Waals surface area (Å²) in [6, 6.07) is 3.37. The highest BCUT2D eigenvalue weighted by atomic mass is 79.9. The number of likely N-dealkylation sites (tertiary alicyclic amines) is 1. The van der Waals surface area contributed by atoms with Crippen molar-refractivity contribution in [3.63, 3.8) is 0 Å². The van der Waals surface area contributed by atoms with E-state index in [1.165, 1.54) is 6.07 Å². The quantitative estimate of drug-likeness (QED) is 0.762. The molecule has 1 spiro atoms. The second kappa shape index (κ2) is 5.28. The number of benzene rings is 1. The summed E-state index contributed by atoms with van der Waals surface area (Å²) in [7, 11) is 0. The highest BCUT2D eigenvalue weighted by Crippen LogP contribution is 2.41. The molecule has 0 aromatic heterocycles. The van der Waals surface area contributed by atoms with E-state index in [9.17, 15) is 9.18 Å². The van der Waals surface area contributed by atoms with E-state index in [1.54, 1.807) is 6.07 Å². The minimum Gasteiger partial charge on any atom is -0.486 e. The third kappa shape index (κ3) is 2.37. The van der Waals surface area contributed by atoms with E-state index in [1.807, 2.05) is 0 Å².